The Kier molecular flexibility index (Phi) is 5.10. The lowest BCUT2D eigenvalue weighted by molar-refractivity contribution is -0.122. The van der Waals surface area contributed by atoms with E-state index in [0.29, 0.717) is 37.0 Å². The number of nitrogens with zero attached hydrogens (tertiary/aromatic N) is 4. The fraction of sp³-hybridized carbons (Fsp3) is 0.400. The Labute approximate surface area is 162 Å². The highest BCUT2D eigenvalue weighted by atomic mass is 16.3. The van der Waals surface area contributed by atoms with E-state index in [1.54, 1.807) is 22.7 Å². The number of carbonyl (C=O) groups is 2. The Morgan fingerprint density at radius 2 is 2.04 bits per heavy atom. The molecule has 1 aliphatic rings. The van der Waals surface area contributed by atoms with Crippen molar-refractivity contribution < 1.29 is 14.0 Å². The van der Waals surface area contributed by atoms with Crippen LogP contribution in [0.3, 0.4) is 0 Å². The molecule has 0 radical (unpaired) electrons. The van der Waals surface area contributed by atoms with E-state index < -0.39 is 0 Å². The zero-order valence-electron chi connectivity index (χ0n) is 15.8. The molecule has 8 nitrogen and oxygen atoms in total. The summed E-state index contributed by atoms with van der Waals surface area (Å²) < 4.78 is 6.83. The smallest absolute Gasteiger partial charge is 0.276 e. The Bertz CT molecular complexity index is 985. The summed E-state index contributed by atoms with van der Waals surface area (Å²) in [4.78, 5) is 30.6. The van der Waals surface area contributed by atoms with Crippen LogP contribution in [0.25, 0.3) is 10.9 Å². The lowest BCUT2D eigenvalue weighted by Crippen LogP contribution is -2.42. The Morgan fingerprint density at radius 1 is 1.25 bits per heavy atom. The number of amides is 2. The van der Waals surface area contributed by atoms with Crippen molar-refractivity contribution in [3.63, 3.8) is 0 Å². The van der Waals surface area contributed by atoms with E-state index in [2.05, 4.69) is 15.4 Å². The van der Waals surface area contributed by atoms with E-state index in [9.17, 15) is 9.59 Å². The van der Waals surface area contributed by atoms with E-state index in [1.807, 2.05) is 24.3 Å². The maximum absolute atomic E-state index is 12.5. The van der Waals surface area contributed by atoms with E-state index in [1.165, 1.54) is 6.39 Å². The molecule has 4 rings (SSSR count). The van der Waals surface area contributed by atoms with Gasteiger partial charge in [0.2, 0.25) is 5.91 Å². The first kappa shape index (κ1) is 18.2. The molecule has 1 aliphatic heterocycles. The molecule has 28 heavy (non-hydrogen) atoms. The third-order valence-corrected chi connectivity index (χ3v) is 5.28. The van der Waals surface area contributed by atoms with Crippen LogP contribution in [0.2, 0.25) is 0 Å². The molecule has 2 aromatic heterocycles. The summed E-state index contributed by atoms with van der Waals surface area (Å²) in [6.45, 7) is 3.88. The monoisotopic (exact) mass is 381 g/mol. The largest absolute Gasteiger partial charge is 0.448 e. The average Bonchev–Trinajstić information content (AvgIpc) is 3.33. The van der Waals surface area contributed by atoms with Gasteiger partial charge in [0.25, 0.3) is 5.91 Å². The minimum Gasteiger partial charge on any atom is -0.448 e. The molecular weight excluding hydrogens is 358 g/mol. The first-order chi connectivity index (χ1) is 13.6. The van der Waals surface area contributed by atoms with Crippen molar-refractivity contribution in [1.82, 2.24) is 25.0 Å². The van der Waals surface area contributed by atoms with Crippen molar-refractivity contribution >= 4 is 22.7 Å². The highest BCUT2D eigenvalue weighted by Crippen LogP contribution is 2.19. The number of rotatable bonds is 5. The van der Waals surface area contributed by atoms with Gasteiger partial charge in [-0.05, 0) is 31.7 Å². The number of benzene rings is 1. The summed E-state index contributed by atoms with van der Waals surface area (Å²) in [5, 5.41) is 8.32. The van der Waals surface area contributed by atoms with Gasteiger partial charge in [-0.2, -0.15) is 5.10 Å². The molecule has 0 unspecified atom stereocenters. The van der Waals surface area contributed by atoms with Gasteiger partial charge in [0.15, 0.2) is 12.1 Å². The zero-order valence-corrected chi connectivity index (χ0v) is 15.8. The molecule has 1 saturated heterocycles. The van der Waals surface area contributed by atoms with Crippen LogP contribution in [0, 0.1) is 12.8 Å². The van der Waals surface area contributed by atoms with Crippen LogP contribution >= 0.6 is 0 Å². The number of hydrogen-bond donors (Lipinski definition) is 1. The predicted molar refractivity (Wildman–Crippen MR) is 103 cm³/mol. The lowest BCUT2D eigenvalue weighted by atomic mass is 9.96. The van der Waals surface area contributed by atoms with E-state index in [0.717, 1.165) is 23.7 Å². The maximum atomic E-state index is 12.5. The number of fused-ring (bicyclic) bond motifs is 1. The van der Waals surface area contributed by atoms with Crippen LogP contribution in [0.15, 0.2) is 41.3 Å². The molecule has 0 bridgehead atoms. The summed E-state index contributed by atoms with van der Waals surface area (Å²) in [5.41, 5.74) is 1.34. The number of piperidine rings is 1. The summed E-state index contributed by atoms with van der Waals surface area (Å²) in [5.74, 6) is 0.774. The predicted octanol–water partition coefficient (Wildman–Crippen LogP) is 2.00. The van der Waals surface area contributed by atoms with Gasteiger partial charge in [-0.15, -0.1) is 0 Å². The van der Waals surface area contributed by atoms with Crippen LogP contribution in [0.1, 0.15) is 29.1 Å². The van der Waals surface area contributed by atoms with Crippen molar-refractivity contribution in [2.45, 2.75) is 26.3 Å². The van der Waals surface area contributed by atoms with Crippen LogP contribution in [0.4, 0.5) is 0 Å². The SMILES string of the molecule is Cc1ocnc1C(=O)N1CCC(CNC(=O)Cn2ncc3ccccc32)CC1. The number of oxazole rings is 1. The second-order valence-electron chi connectivity index (χ2n) is 7.16. The van der Waals surface area contributed by atoms with E-state index in [-0.39, 0.29) is 18.4 Å². The van der Waals surface area contributed by atoms with Gasteiger partial charge < -0.3 is 14.6 Å². The van der Waals surface area contributed by atoms with Gasteiger partial charge in [0.05, 0.1) is 11.7 Å². The van der Waals surface area contributed by atoms with Crippen LogP contribution in [-0.4, -0.2) is 51.1 Å². The highest BCUT2D eigenvalue weighted by Gasteiger charge is 2.26. The van der Waals surface area contributed by atoms with Crippen molar-refractivity contribution in [3.8, 4) is 0 Å². The molecule has 3 aromatic rings. The normalized spacial score (nSPS) is 15.1. The molecule has 146 valence electrons. The maximum Gasteiger partial charge on any atom is 0.276 e. The van der Waals surface area contributed by atoms with Crippen molar-refractivity contribution in [1.29, 1.82) is 0 Å². The number of likely N-dealkylation sites (tertiary alicyclic amines) is 1. The van der Waals surface area contributed by atoms with Gasteiger partial charge in [-0.25, -0.2) is 4.98 Å². The van der Waals surface area contributed by atoms with Gasteiger partial charge >= 0.3 is 0 Å². The van der Waals surface area contributed by atoms with Gasteiger partial charge in [0, 0.05) is 25.0 Å². The molecule has 1 aromatic carbocycles. The summed E-state index contributed by atoms with van der Waals surface area (Å²) >= 11 is 0. The quantitative estimate of drug-likeness (QED) is 0.730. The molecule has 0 saturated carbocycles. The second kappa shape index (κ2) is 7.84. The Morgan fingerprint density at radius 3 is 2.79 bits per heavy atom. The molecule has 0 atom stereocenters. The number of nitrogens with one attached hydrogen (secondary N) is 1. The number of hydrogen-bond acceptors (Lipinski definition) is 5. The third kappa shape index (κ3) is 3.76. The average molecular weight is 381 g/mol. The zero-order chi connectivity index (χ0) is 19.5. The molecule has 2 amide bonds. The number of aryl methyl sites for hydroxylation is 1. The standard InChI is InChI=1S/C20H23N5O3/c1-14-19(22-13-28-14)20(27)24-8-6-15(7-9-24)10-21-18(26)12-25-17-5-3-2-4-16(17)11-23-25/h2-5,11,13,15H,6-10,12H2,1H3,(H,21,26). The van der Waals surface area contributed by atoms with Gasteiger partial charge in [-0.3, -0.25) is 14.3 Å². The Hall–Kier alpha value is -3.16. The molecular formula is C20H23N5O3. The molecule has 8 heteroatoms. The highest BCUT2D eigenvalue weighted by molar-refractivity contribution is 5.93. The van der Waals surface area contributed by atoms with E-state index in [4.69, 9.17) is 4.42 Å². The molecule has 0 aliphatic carbocycles. The van der Waals surface area contributed by atoms with Crippen LogP contribution in [0.5, 0.6) is 0 Å². The van der Waals surface area contributed by atoms with E-state index >= 15 is 0 Å². The first-order valence-electron chi connectivity index (χ1n) is 9.48. The molecule has 0 spiro atoms. The summed E-state index contributed by atoms with van der Waals surface area (Å²) in [6.07, 6.45) is 4.78. The number of para-hydroxylation sites is 1. The van der Waals surface area contributed by atoms with Crippen molar-refractivity contribution in [2.75, 3.05) is 19.6 Å². The third-order valence-electron chi connectivity index (χ3n) is 5.28. The molecule has 1 fully saturated rings. The Balaban J connectivity index is 1.24. The van der Waals surface area contributed by atoms with Gasteiger partial charge in [-0.1, -0.05) is 18.2 Å². The number of aromatic nitrogens is 3. The lowest BCUT2D eigenvalue weighted by Gasteiger charge is -2.31. The topological polar surface area (TPSA) is 93.3 Å². The summed E-state index contributed by atoms with van der Waals surface area (Å²) in [6, 6.07) is 7.83. The summed E-state index contributed by atoms with van der Waals surface area (Å²) in [7, 11) is 0. The fourth-order valence-corrected chi connectivity index (χ4v) is 3.60. The van der Waals surface area contributed by atoms with Crippen molar-refractivity contribution in [3.05, 3.63) is 48.3 Å². The number of carbonyl (C=O) groups excluding carboxylic acids is 2. The fourth-order valence-electron chi connectivity index (χ4n) is 3.60. The minimum atomic E-state index is -0.0840. The molecule has 1 N–H and O–H groups in total. The second-order valence-corrected chi connectivity index (χ2v) is 7.16. The van der Waals surface area contributed by atoms with Crippen LogP contribution < -0.4 is 5.32 Å². The van der Waals surface area contributed by atoms with Gasteiger partial charge in [0.1, 0.15) is 12.3 Å². The minimum absolute atomic E-state index is 0.0504. The van der Waals surface area contributed by atoms with Crippen molar-refractivity contribution in [2.24, 2.45) is 5.92 Å². The van der Waals surface area contributed by atoms with Crippen LogP contribution in [-0.2, 0) is 11.3 Å². The first-order valence-corrected chi connectivity index (χ1v) is 9.48. The molecule has 3 heterocycles.